The summed E-state index contributed by atoms with van der Waals surface area (Å²) >= 11 is 0. The van der Waals surface area contributed by atoms with Crippen molar-refractivity contribution in [3.8, 4) is 5.75 Å². The molecule has 0 bridgehead atoms. The quantitative estimate of drug-likeness (QED) is 0.574. The summed E-state index contributed by atoms with van der Waals surface area (Å²) < 4.78 is 82.3. The van der Waals surface area contributed by atoms with Crippen molar-refractivity contribution in [2.75, 3.05) is 0 Å². The molecule has 0 N–H and O–H groups in total. The Balaban J connectivity index is 3.22. The fourth-order valence-electron chi connectivity index (χ4n) is 0.503. The van der Waals surface area contributed by atoms with Crippen molar-refractivity contribution < 1.29 is 29.9 Å². The molecule has 7 heteroatoms. The van der Waals surface area contributed by atoms with Crippen LogP contribution < -0.4 is 4.18 Å². The second-order valence-corrected chi connectivity index (χ2v) is 3.59. The average molecular weight is 229 g/mol. The predicted octanol–water partition coefficient (Wildman–Crippen LogP) is 1.91. The predicted molar refractivity (Wildman–Crippen MR) is 42.0 cm³/mol. The van der Waals surface area contributed by atoms with Crippen LogP contribution in [0.15, 0.2) is 30.3 Å². The summed E-state index contributed by atoms with van der Waals surface area (Å²) in [6.07, 6.45) is 0. The number of halogens is 3. The van der Waals surface area contributed by atoms with E-state index in [-0.39, 0.29) is 6.04 Å². The van der Waals surface area contributed by atoms with E-state index in [1.807, 2.05) is 0 Å². The largest absolute Gasteiger partial charge is 0.534 e. The lowest BCUT2D eigenvalue weighted by atomic mass is 10.3. The van der Waals surface area contributed by atoms with Gasteiger partial charge in [-0.15, -0.1) is 0 Å². The Kier molecular flexibility index (Phi) is 1.77. The third-order valence-electron chi connectivity index (χ3n) is 1.05. The van der Waals surface area contributed by atoms with Crippen LogP contribution in [0.3, 0.4) is 0 Å². The van der Waals surface area contributed by atoms with Crippen molar-refractivity contribution in [3.63, 3.8) is 0 Å². The Morgan fingerprint density at radius 1 is 1.29 bits per heavy atom. The summed E-state index contributed by atoms with van der Waals surface area (Å²) in [4.78, 5) is 0. The number of para-hydroxylation sites is 1. The lowest BCUT2D eigenvalue weighted by molar-refractivity contribution is -0.0500. The molecule has 0 atom stereocenters. The fraction of sp³-hybridized carbons (Fsp3) is 0.143. The second-order valence-electron chi connectivity index (χ2n) is 2.06. The average Bonchev–Trinajstić information content (AvgIpc) is 2.09. The molecular weight excluding hydrogens is 221 g/mol. The van der Waals surface area contributed by atoms with Gasteiger partial charge in [0.2, 0.25) is 0 Å². The Morgan fingerprint density at radius 3 is 2.21 bits per heavy atom. The molecule has 3 nitrogen and oxygen atoms in total. The summed E-state index contributed by atoms with van der Waals surface area (Å²) in [5, 5.41) is 0. The minimum absolute atomic E-state index is 0.309. The first-order valence-electron chi connectivity index (χ1n) is 4.63. The lowest BCUT2D eigenvalue weighted by Gasteiger charge is -2.08. The highest BCUT2D eigenvalue weighted by molar-refractivity contribution is 7.87. The van der Waals surface area contributed by atoms with Gasteiger partial charge in [-0.05, 0) is 12.1 Å². The molecule has 0 aliphatic rings. The highest BCUT2D eigenvalue weighted by Crippen LogP contribution is 2.26. The number of benzene rings is 1. The van der Waals surface area contributed by atoms with Crippen molar-refractivity contribution in [2.45, 2.75) is 5.51 Å². The first-order valence-corrected chi connectivity index (χ1v) is 4.54. The molecule has 1 aromatic carbocycles. The molecule has 0 amide bonds. The number of alkyl halides is 3. The van der Waals surface area contributed by atoms with E-state index in [1.54, 1.807) is 0 Å². The maximum absolute atomic E-state index is 12.0. The van der Waals surface area contributed by atoms with Crippen LogP contribution in [0.1, 0.15) is 4.11 Å². The summed E-state index contributed by atoms with van der Waals surface area (Å²) in [6, 6.07) is -0.346. The van der Waals surface area contributed by atoms with Crippen molar-refractivity contribution in [2.24, 2.45) is 0 Å². The van der Waals surface area contributed by atoms with E-state index in [4.69, 9.17) is 4.11 Å². The molecule has 0 saturated carbocycles. The van der Waals surface area contributed by atoms with Crippen LogP contribution in [-0.4, -0.2) is 13.9 Å². The Labute approximate surface area is 82.5 Å². The molecule has 78 valence electrons. The van der Waals surface area contributed by atoms with E-state index in [2.05, 4.69) is 4.18 Å². The van der Waals surface area contributed by atoms with Crippen molar-refractivity contribution in [3.05, 3.63) is 30.3 Å². The van der Waals surface area contributed by atoms with Crippen LogP contribution in [0.5, 0.6) is 5.75 Å². The minimum Gasteiger partial charge on any atom is -0.376 e. The summed E-state index contributed by atoms with van der Waals surface area (Å²) in [6.45, 7) is 0. The standard InChI is InChI=1S/C7H5F3O3S/c8-7(9,10)14(11,12)13-6-4-2-1-3-5-6/h1-5H/i1D,4D,5D. The zero-order chi connectivity index (χ0) is 13.4. The molecular formula is C7H5F3O3S. The van der Waals surface area contributed by atoms with Crippen LogP contribution in [0, 0.1) is 0 Å². The third-order valence-corrected chi connectivity index (χ3v) is 2.00. The SMILES string of the molecule is [2H]c1cc([2H])c(OS(=O)(=O)C(F)(F)F)c([2H])c1. The van der Waals surface area contributed by atoms with E-state index in [1.165, 1.54) is 0 Å². The lowest BCUT2D eigenvalue weighted by Crippen LogP contribution is -2.27. The van der Waals surface area contributed by atoms with Crippen LogP contribution in [0.25, 0.3) is 0 Å². The Hall–Kier alpha value is -1.24. The normalized spacial score (nSPS) is 15.5. The van der Waals surface area contributed by atoms with Crippen LogP contribution in [0.4, 0.5) is 13.2 Å². The molecule has 0 saturated heterocycles. The van der Waals surface area contributed by atoms with Crippen molar-refractivity contribution in [1.29, 1.82) is 0 Å². The first-order chi connectivity index (χ1) is 7.54. The molecule has 0 aromatic heterocycles. The number of hydrogen-bond donors (Lipinski definition) is 0. The Morgan fingerprint density at radius 2 is 1.79 bits per heavy atom. The van der Waals surface area contributed by atoms with Crippen molar-refractivity contribution >= 4 is 10.1 Å². The first kappa shape index (κ1) is 7.10. The zero-order valence-corrected chi connectivity index (χ0v) is 7.24. The second kappa shape index (κ2) is 3.49. The molecule has 0 aliphatic heterocycles. The van der Waals surface area contributed by atoms with Crippen LogP contribution in [-0.2, 0) is 10.1 Å². The van der Waals surface area contributed by atoms with E-state index < -0.39 is 33.5 Å². The van der Waals surface area contributed by atoms with Gasteiger partial charge in [0.25, 0.3) is 0 Å². The van der Waals surface area contributed by atoms with E-state index in [0.29, 0.717) is 0 Å². The molecule has 1 rings (SSSR count). The van der Waals surface area contributed by atoms with E-state index in [0.717, 1.165) is 12.1 Å². The van der Waals surface area contributed by atoms with Crippen molar-refractivity contribution in [1.82, 2.24) is 0 Å². The minimum atomic E-state index is -5.91. The highest BCUT2D eigenvalue weighted by Gasteiger charge is 2.48. The molecule has 0 spiro atoms. The van der Waals surface area contributed by atoms with E-state index in [9.17, 15) is 21.6 Å². The van der Waals surface area contributed by atoms with Gasteiger partial charge in [-0.2, -0.15) is 21.6 Å². The van der Waals surface area contributed by atoms with Gasteiger partial charge in [0.05, 0.1) is 4.11 Å². The molecule has 0 aliphatic carbocycles. The molecule has 0 heterocycles. The third kappa shape index (κ3) is 2.38. The smallest absolute Gasteiger partial charge is 0.376 e. The van der Waals surface area contributed by atoms with Gasteiger partial charge in [0, 0.05) is 0 Å². The molecule has 1 aromatic rings. The van der Waals surface area contributed by atoms with Gasteiger partial charge < -0.3 is 4.18 Å². The zero-order valence-electron chi connectivity index (χ0n) is 9.42. The van der Waals surface area contributed by atoms with Gasteiger partial charge in [-0.1, -0.05) is 18.2 Å². The van der Waals surface area contributed by atoms with Crippen LogP contribution in [0.2, 0.25) is 0 Å². The van der Waals surface area contributed by atoms with Gasteiger partial charge in [-0.3, -0.25) is 0 Å². The molecule has 0 unspecified atom stereocenters. The molecule has 0 radical (unpaired) electrons. The number of hydrogen-bond acceptors (Lipinski definition) is 3. The molecule has 14 heavy (non-hydrogen) atoms. The van der Waals surface area contributed by atoms with Gasteiger partial charge in [0.1, 0.15) is 5.75 Å². The van der Waals surface area contributed by atoms with Gasteiger partial charge in [0.15, 0.2) is 0 Å². The maximum Gasteiger partial charge on any atom is 0.534 e. The van der Waals surface area contributed by atoms with Gasteiger partial charge in [-0.25, -0.2) is 0 Å². The highest BCUT2D eigenvalue weighted by atomic mass is 32.2. The fourth-order valence-corrected chi connectivity index (χ4v) is 0.913. The Bertz CT molecular complexity index is 518. The topological polar surface area (TPSA) is 43.4 Å². The molecule has 0 fully saturated rings. The monoisotopic (exact) mass is 229 g/mol. The van der Waals surface area contributed by atoms with Crippen LogP contribution >= 0.6 is 0 Å². The summed E-state index contributed by atoms with van der Waals surface area (Å²) in [5.74, 6) is -1.06. The summed E-state index contributed by atoms with van der Waals surface area (Å²) in [5.41, 5.74) is -5.63. The van der Waals surface area contributed by atoms with E-state index >= 15 is 0 Å². The van der Waals surface area contributed by atoms with Gasteiger partial charge >= 0.3 is 15.6 Å². The maximum atomic E-state index is 12.0. The summed E-state index contributed by atoms with van der Waals surface area (Å²) in [7, 11) is -5.91. The number of rotatable bonds is 2.